The molecule has 0 N–H and O–H groups in total. The van der Waals surface area contributed by atoms with Crippen LogP contribution in [0.1, 0.15) is 11.5 Å². The summed E-state index contributed by atoms with van der Waals surface area (Å²) in [5, 5.41) is 3.88. The predicted molar refractivity (Wildman–Crippen MR) is 82.5 cm³/mol. The maximum atomic E-state index is 12.6. The van der Waals surface area contributed by atoms with Crippen LogP contribution in [-0.2, 0) is 6.18 Å². The first-order valence-corrected chi connectivity index (χ1v) is 7.29. The number of hydrogen-bond donors (Lipinski definition) is 0. The minimum Gasteiger partial charge on any atom is -0.441 e. The third kappa shape index (κ3) is 2.86. The van der Waals surface area contributed by atoms with Gasteiger partial charge >= 0.3 is 6.18 Å². The summed E-state index contributed by atoms with van der Waals surface area (Å²) >= 11 is 0. The summed E-state index contributed by atoms with van der Waals surface area (Å²) in [4.78, 5) is 8.48. The predicted octanol–water partition coefficient (Wildman–Crippen LogP) is 4.87. The van der Waals surface area contributed by atoms with Gasteiger partial charge in [-0.3, -0.25) is 0 Å². The van der Waals surface area contributed by atoms with Gasteiger partial charge < -0.3 is 8.94 Å². The molecular weight excluding hydrogens is 335 g/mol. The van der Waals surface area contributed by atoms with Crippen molar-refractivity contribution in [1.29, 1.82) is 0 Å². The third-order valence-corrected chi connectivity index (χ3v) is 3.64. The van der Waals surface area contributed by atoms with Crippen LogP contribution in [0.25, 0.3) is 33.9 Å². The van der Waals surface area contributed by atoms with Crippen molar-refractivity contribution in [3.8, 4) is 22.8 Å². The van der Waals surface area contributed by atoms with E-state index in [0.29, 0.717) is 33.9 Å². The molecule has 0 saturated carbocycles. The Kier molecular flexibility index (Phi) is 3.34. The van der Waals surface area contributed by atoms with E-state index >= 15 is 0 Å². The average Bonchev–Trinajstić information content (AvgIpc) is 3.19. The van der Waals surface area contributed by atoms with Crippen molar-refractivity contribution in [2.24, 2.45) is 0 Å². The number of alkyl halides is 3. The topological polar surface area (TPSA) is 65.0 Å². The molecule has 0 amide bonds. The molecule has 25 heavy (non-hydrogen) atoms. The Morgan fingerprint density at radius 2 is 1.64 bits per heavy atom. The largest absolute Gasteiger partial charge is 0.441 e. The van der Waals surface area contributed by atoms with Crippen molar-refractivity contribution in [2.45, 2.75) is 13.1 Å². The zero-order chi connectivity index (χ0) is 17.6. The number of hydrogen-bond acceptors (Lipinski definition) is 5. The van der Waals surface area contributed by atoms with Crippen molar-refractivity contribution >= 4 is 11.1 Å². The fraction of sp³-hybridized carbons (Fsp3) is 0.118. The summed E-state index contributed by atoms with van der Waals surface area (Å²) in [6.07, 6.45) is -4.39. The number of rotatable bonds is 2. The highest BCUT2D eigenvalue weighted by molar-refractivity contribution is 5.78. The third-order valence-electron chi connectivity index (χ3n) is 3.64. The highest BCUT2D eigenvalue weighted by Crippen LogP contribution is 2.31. The van der Waals surface area contributed by atoms with E-state index in [0.717, 1.165) is 12.1 Å². The van der Waals surface area contributed by atoms with Crippen molar-refractivity contribution in [2.75, 3.05) is 0 Å². The molecule has 126 valence electrons. The van der Waals surface area contributed by atoms with Gasteiger partial charge in [-0.1, -0.05) is 5.16 Å². The first-order valence-electron chi connectivity index (χ1n) is 7.29. The van der Waals surface area contributed by atoms with Crippen molar-refractivity contribution in [3.63, 3.8) is 0 Å². The number of aryl methyl sites for hydroxylation is 1. The number of benzene rings is 2. The van der Waals surface area contributed by atoms with E-state index in [-0.39, 0.29) is 5.89 Å². The standard InChI is InChI=1S/C17H10F3N3O2/c1-9-21-13-8-11(4-7-14(13)24-9)15-22-16(25-23-15)10-2-5-12(6-3-10)17(18,19)20/h2-8H,1H3. The Hall–Kier alpha value is -3.16. The van der Waals surface area contributed by atoms with E-state index in [2.05, 4.69) is 15.1 Å². The Balaban J connectivity index is 1.66. The van der Waals surface area contributed by atoms with Gasteiger partial charge in [0.25, 0.3) is 5.89 Å². The number of aromatic nitrogens is 3. The molecule has 2 aromatic heterocycles. The smallest absolute Gasteiger partial charge is 0.416 e. The molecule has 0 aliphatic heterocycles. The lowest BCUT2D eigenvalue weighted by molar-refractivity contribution is -0.137. The molecule has 2 heterocycles. The van der Waals surface area contributed by atoms with Crippen LogP contribution in [0, 0.1) is 6.92 Å². The van der Waals surface area contributed by atoms with Gasteiger partial charge in [-0.2, -0.15) is 18.2 Å². The number of nitrogens with zero attached hydrogens (tertiary/aromatic N) is 3. The van der Waals surface area contributed by atoms with Crippen LogP contribution < -0.4 is 0 Å². The number of fused-ring (bicyclic) bond motifs is 1. The van der Waals surface area contributed by atoms with Gasteiger partial charge in [-0.25, -0.2) is 4.98 Å². The van der Waals surface area contributed by atoms with Crippen LogP contribution in [0.5, 0.6) is 0 Å². The van der Waals surface area contributed by atoms with E-state index in [4.69, 9.17) is 8.94 Å². The molecule has 0 aliphatic rings. The molecule has 0 spiro atoms. The van der Waals surface area contributed by atoms with Gasteiger partial charge in [0.05, 0.1) is 5.56 Å². The van der Waals surface area contributed by atoms with Crippen LogP contribution in [0.2, 0.25) is 0 Å². The summed E-state index contributed by atoms with van der Waals surface area (Å²) in [7, 11) is 0. The second-order valence-corrected chi connectivity index (χ2v) is 5.41. The quantitative estimate of drug-likeness (QED) is 0.518. The maximum absolute atomic E-state index is 12.6. The van der Waals surface area contributed by atoms with E-state index < -0.39 is 11.7 Å². The van der Waals surface area contributed by atoms with Gasteiger partial charge in [0.15, 0.2) is 11.5 Å². The van der Waals surface area contributed by atoms with Crippen LogP contribution in [0.3, 0.4) is 0 Å². The molecule has 5 nitrogen and oxygen atoms in total. The first kappa shape index (κ1) is 15.4. The number of halogens is 3. The number of oxazole rings is 1. The molecular formula is C17H10F3N3O2. The van der Waals surface area contributed by atoms with Gasteiger partial charge in [0.2, 0.25) is 5.82 Å². The van der Waals surface area contributed by atoms with E-state index in [1.54, 1.807) is 25.1 Å². The maximum Gasteiger partial charge on any atom is 0.416 e. The summed E-state index contributed by atoms with van der Waals surface area (Å²) < 4.78 is 48.4. The second kappa shape index (κ2) is 5.44. The molecule has 0 aliphatic carbocycles. The fourth-order valence-corrected chi connectivity index (χ4v) is 2.44. The van der Waals surface area contributed by atoms with E-state index in [1.165, 1.54) is 12.1 Å². The highest BCUT2D eigenvalue weighted by Gasteiger charge is 2.30. The minimum absolute atomic E-state index is 0.139. The Bertz CT molecular complexity index is 1050. The molecule has 0 fully saturated rings. The molecule has 0 saturated heterocycles. The minimum atomic E-state index is -4.39. The van der Waals surface area contributed by atoms with Crippen LogP contribution in [0.15, 0.2) is 51.4 Å². The summed E-state index contributed by atoms with van der Waals surface area (Å²) in [5.74, 6) is 1.00. The van der Waals surface area contributed by atoms with Gasteiger partial charge in [0.1, 0.15) is 5.52 Å². The Morgan fingerprint density at radius 1 is 0.920 bits per heavy atom. The van der Waals surface area contributed by atoms with Gasteiger partial charge in [-0.15, -0.1) is 0 Å². The molecule has 0 unspecified atom stereocenters. The average molecular weight is 345 g/mol. The molecule has 0 bridgehead atoms. The van der Waals surface area contributed by atoms with Crippen molar-refractivity contribution in [3.05, 3.63) is 53.9 Å². The molecule has 0 radical (unpaired) electrons. The van der Waals surface area contributed by atoms with Crippen LogP contribution in [-0.4, -0.2) is 15.1 Å². The van der Waals surface area contributed by atoms with Crippen molar-refractivity contribution in [1.82, 2.24) is 15.1 Å². The van der Waals surface area contributed by atoms with Gasteiger partial charge in [0, 0.05) is 18.1 Å². The lowest BCUT2D eigenvalue weighted by Crippen LogP contribution is -2.03. The molecule has 4 rings (SSSR count). The highest BCUT2D eigenvalue weighted by atomic mass is 19.4. The SMILES string of the molecule is Cc1nc2cc(-c3noc(-c4ccc(C(F)(F)F)cc4)n3)ccc2o1. The van der Waals surface area contributed by atoms with E-state index in [1.807, 2.05) is 0 Å². The normalized spacial score (nSPS) is 12.0. The van der Waals surface area contributed by atoms with Crippen LogP contribution >= 0.6 is 0 Å². The van der Waals surface area contributed by atoms with E-state index in [9.17, 15) is 13.2 Å². The first-order chi connectivity index (χ1) is 11.9. The molecule has 8 heteroatoms. The molecule has 2 aromatic carbocycles. The molecule has 4 aromatic rings. The summed E-state index contributed by atoms with van der Waals surface area (Å²) in [6.45, 7) is 1.75. The second-order valence-electron chi connectivity index (χ2n) is 5.41. The summed E-state index contributed by atoms with van der Waals surface area (Å²) in [5.41, 5.74) is 1.65. The molecule has 0 atom stereocenters. The zero-order valence-corrected chi connectivity index (χ0v) is 12.8. The monoisotopic (exact) mass is 345 g/mol. The lowest BCUT2D eigenvalue weighted by Gasteiger charge is -2.05. The van der Waals surface area contributed by atoms with Crippen molar-refractivity contribution < 1.29 is 22.1 Å². The fourth-order valence-electron chi connectivity index (χ4n) is 2.44. The Morgan fingerprint density at radius 3 is 2.36 bits per heavy atom. The lowest BCUT2D eigenvalue weighted by atomic mass is 10.1. The zero-order valence-electron chi connectivity index (χ0n) is 12.8. The summed E-state index contributed by atoms with van der Waals surface area (Å²) in [6, 6.07) is 9.81. The van der Waals surface area contributed by atoms with Gasteiger partial charge in [-0.05, 0) is 42.5 Å². The van der Waals surface area contributed by atoms with Crippen LogP contribution in [0.4, 0.5) is 13.2 Å². The Labute approximate surface area is 139 Å².